The standard InChI is InChI=1S/C17H28N2/c1-4-15-7-5-6-8-17(15)13-18-14(2)16-9-11-19(3)12-10-16/h5-8,14,16,18H,4,9-13H2,1-3H3. The predicted molar refractivity (Wildman–Crippen MR) is 82.3 cm³/mol. The van der Waals surface area contributed by atoms with Gasteiger partial charge in [0.15, 0.2) is 0 Å². The average molecular weight is 260 g/mol. The highest BCUT2D eigenvalue weighted by Gasteiger charge is 2.21. The van der Waals surface area contributed by atoms with Crippen LogP contribution in [0.25, 0.3) is 0 Å². The SMILES string of the molecule is CCc1ccccc1CNC(C)C1CCN(C)CC1. The topological polar surface area (TPSA) is 15.3 Å². The second-order valence-electron chi connectivity index (χ2n) is 5.93. The summed E-state index contributed by atoms with van der Waals surface area (Å²) in [4.78, 5) is 2.44. The van der Waals surface area contributed by atoms with Crippen molar-refractivity contribution < 1.29 is 0 Å². The van der Waals surface area contributed by atoms with Crippen molar-refractivity contribution in [2.75, 3.05) is 20.1 Å². The van der Waals surface area contributed by atoms with Crippen molar-refractivity contribution >= 4 is 0 Å². The average Bonchev–Trinajstić information content (AvgIpc) is 2.45. The minimum Gasteiger partial charge on any atom is -0.310 e. The van der Waals surface area contributed by atoms with Crippen molar-refractivity contribution in [3.63, 3.8) is 0 Å². The molecule has 1 unspecified atom stereocenters. The van der Waals surface area contributed by atoms with Gasteiger partial charge < -0.3 is 10.2 Å². The maximum absolute atomic E-state index is 3.74. The quantitative estimate of drug-likeness (QED) is 0.875. The van der Waals surface area contributed by atoms with E-state index in [0.29, 0.717) is 6.04 Å². The fourth-order valence-corrected chi connectivity index (χ4v) is 3.04. The molecule has 1 atom stereocenters. The Morgan fingerprint density at radius 1 is 1.21 bits per heavy atom. The fraction of sp³-hybridized carbons (Fsp3) is 0.647. The molecule has 1 saturated heterocycles. The highest BCUT2D eigenvalue weighted by atomic mass is 15.1. The monoisotopic (exact) mass is 260 g/mol. The molecule has 2 rings (SSSR count). The van der Waals surface area contributed by atoms with E-state index >= 15 is 0 Å². The molecule has 0 bridgehead atoms. The summed E-state index contributed by atoms with van der Waals surface area (Å²) in [6.07, 6.45) is 3.79. The molecular formula is C17H28N2. The summed E-state index contributed by atoms with van der Waals surface area (Å²) < 4.78 is 0. The van der Waals surface area contributed by atoms with Crippen LogP contribution in [0.5, 0.6) is 0 Å². The number of nitrogens with zero attached hydrogens (tertiary/aromatic N) is 1. The Hall–Kier alpha value is -0.860. The first kappa shape index (κ1) is 14.5. The summed E-state index contributed by atoms with van der Waals surface area (Å²) in [5, 5.41) is 3.74. The Morgan fingerprint density at radius 3 is 2.47 bits per heavy atom. The molecule has 19 heavy (non-hydrogen) atoms. The van der Waals surface area contributed by atoms with Gasteiger partial charge in [-0.1, -0.05) is 31.2 Å². The number of nitrogens with one attached hydrogen (secondary N) is 1. The van der Waals surface area contributed by atoms with Crippen LogP contribution in [-0.4, -0.2) is 31.1 Å². The molecule has 1 N–H and O–H groups in total. The van der Waals surface area contributed by atoms with Crippen LogP contribution in [0.2, 0.25) is 0 Å². The van der Waals surface area contributed by atoms with Gasteiger partial charge in [-0.2, -0.15) is 0 Å². The Balaban J connectivity index is 1.84. The molecule has 1 aromatic carbocycles. The first-order valence-corrected chi connectivity index (χ1v) is 7.69. The molecule has 0 saturated carbocycles. The lowest BCUT2D eigenvalue weighted by Gasteiger charge is -2.33. The lowest BCUT2D eigenvalue weighted by Crippen LogP contribution is -2.40. The molecule has 0 aromatic heterocycles. The van der Waals surface area contributed by atoms with Gasteiger partial charge in [-0.15, -0.1) is 0 Å². The summed E-state index contributed by atoms with van der Waals surface area (Å²) in [6, 6.07) is 9.42. The van der Waals surface area contributed by atoms with E-state index in [1.54, 1.807) is 0 Å². The molecule has 0 aliphatic carbocycles. The molecule has 1 fully saturated rings. The second kappa shape index (κ2) is 7.06. The third-order valence-electron chi connectivity index (χ3n) is 4.58. The van der Waals surface area contributed by atoms with Gasteiger partial charge in [0, 0.05) is 12.6 Å². The smallest absolute Gasteiger partial charge is 0.0210 e. The van der Waals surface area contributed by atoms with Gasteiger partial charge in [-0.25, -0.2) is 0 Å². The van der Waals surface area contributed by atoms with Crippen LogP contribution in [0.3, 0.4) is 0 Å². The Labute approximate surface area is 118 Å². The Bertz CT molecular complexity index is 381. The van der Waals surface area contributed by atoms with Gasteiger partial charge in [0.2, 0.25) is 0 Å². The van der Waals surface area contributed by atoms with Gasteiger partial charge >= 0.3 is 0 Å². The van der Waals surface area contributed by atoms with Gasteiger partial charge in [0.25, 0.3) is 0 Å². The van der Waals surface area contributed by atoms with E-state index in [4.69, 9.17) is 0 Å². The molecule has 0 spiro atoms. The van der Waals surface area contributed by atoms with Crippen LogP contribution in [0, 0.1) is 5.92 Å². The first-order valence-electron chi connectivity index (χ1n) is 7.69. The number of rotatable bonds is 5. The number of hydrogen-bond donors (Lipinski definition) is 1. The van der Waals surface area contributed by atoms with Gasteiger partial charge in [-0.3, -0.25) is 0 Å². The lowest BCUT2D eigenvalue weighted by atomic mass is 9.90. The van der Waals surface area contributed by atoms with Crippen molar-refractivity contribution in [2.24, 2.45) is 5.92 Å². The van der Waals surface area contributed by atoms with E-state index in [9.17, 15) is 0 Å². The number of piperidine rings is 1. The van der Waals surface area contributed by atoms with Crippen LogP contribution in [0.4, 0.5) is 0 Å². The van der Waals surface area contributed by atoms with E-state index < -0.39 is 0 Å². The number of aryl methyl sites for hydroxylation is 1. The summed E-state index contributed by atoms with van der Waals surface area (Å²) in [6.45, 7) is 8.10. The van der Waals surface area contributed by atoms with Crippen molar-refractivity contribution in [1.82, 2.24) is 10.2 Å². The van der Waals surface area contributed by atoms with Gasteiger partial charge in [0.1, 0.15) is 0 Å². The minimum absolute atomic E-state index is 0.624. The molecule has 106 valence electrons. The number of hydrogen-bond acceptors (Lipinski definition) is 2. The van der Waals surface area contributed by atoms with E-state index in [0.717, 1.165) is 18.9 Å². The Kier molecular flexibility index (Phi) is 5.41. The maximum Gasteiger partial charge on any atom is 0.0210 e. The van der Waals surface area contributed by atoms with Gasteiger partial charge in [0.05, 0.1) is 0 Å². The molecule has 1 aromatic rings. The van der Waals surface area contributed by atoms with Crippen molar-refractivity contribution in [3.8, 4) is 0 Å². The molecule has 2 nitrogen and oxygen atoms in total. The van der Waals surface area contributed by atoms with Crippen molar-refractivity contribution in [3.05, 3.63) is 35.4 Å². The molecular weight excluding hydrogens is 232 g/mol. The van der Waals surface area contributed by atoms with E-state index in [1.807, 2.05) is 0 Å². The first-order chi connectivity index (χ1) is 9.20. The highest BCUT2D eigenvalue weighted by molar-refractivity contribution is 5.26. The Morgan fingerprint density at radius 2 is 1.84 bits per heavy atom. The summed E-state index contributed by atoms with van der Waals surface area (Å²) in [5.74, 6) is 0.838. The molecule has 0 amide bonds. The highest BCUT2D eigenvalue weighted by Crippen LogP contribution is 2.20. The van der Waals surface area contributed by atoms with Crippen LogP contribution >= 0.6 is 0 Å². The molecule has 1 heterocycles. The molecule has 1 aliphatic heterocycles. The van der Waals surface area contributed by atoms with Crippen molar-refractivity contribution in [1.29, 1.82) is 0 Å². The number of likely N-dealkylation sites (tertiary alicyclic amines) is 1. The molecule has 0 radical (unpaired) electrons. The van der Waals surface area contributed by atoms with Gasteiger partial charge in [-0.05, 0) is 63.4 Å². The normalized spacial score (nSPS) is 19.5. The summed E-state index contributed by atoms with van der Waals surface area (Å²) >= 11 is 0. The molecule has 2 heteroatoms. The van der Waals surface area contributed by atoms with E-state index in [-0.39, 0.29) is 0 Å². The summed E-state index contributed by atoms with van der Waals surface area (Å²) in [5.41, 5.74) is 2.94. The largest absolute Gasteiger partial charge is 0.310 e. The zero-order valence-corrected chi connectivity index (χ0v) is 12.7. The summed E-state index contributed by atoms with van der Waals surface area (Å²) in [7, 11) is 2.23. The van der Waals surface area contributed by atoms with Crippen molar-refractivity contribution in [2.45, 2.75) is 45.7 Å². The van der Waals surface area contributed by atoms with Crippen LogP contribution in [0.15, 0.2) is 24.3 Å². The molecule has 1 aliphatic rings. The zero-order chi connectivity index (χ0) is 13.7. The van der Waals surface area contributed by atoms with Crippen LogP contribution < -0.4 is 5.32 Å². The third kappa shape index (κ3) is 4.05. The zero-order valence-electron chi connectivity index (χ0n) is 12.7. The second-order valence-corrected chi connectivity index (χ2v) is 5.93. The predicted octanol–water partition coefficient (Wildman–Crippen LogP) is 3.07. The maximum atomic E-state index is 3.74. The van der Waals surface area contributed by atoms with E-state index in [2.05, 4.69) is 55.4 Å². The minimum atomic E-state index is 0.624. The fourth-order valence-electron chi connectivity index (χ4n) is 3.04. The van der Waals surface area contributed by atoms with E-state index in [1.165, 1.54) is 37.1 Å². The van der Waals surface area contributed by atoms with Crippen LogP contribution in [0.1, 0.15) is 37.8 Å². The van der Waals surface area contributed by atoms with Crippen LogP contribution in [-0.2, 0) is 13.0 Å². The lowest BCUT2D eigenvalue weighted by molar-refractivity contribution is 0.189. The number of benzene rings is 1. The third-order valence-corrected chi connectivity index (χ3v) is 4.58.